The van der Waals surface area contributed by atoms with Gasteiger partial charge in [-0.2, -0.15) is 0 Å². The molecule has 0 spiro atoms. The molecule has 2 heterocycles. The third-order valence-electron chi connectivity index (χ3n) is 13.7. The van der Waals surface area contributed by atoms with Crippen LogP contribution in [0.4, 0.5) is 21.0 Å². The van der Waals surface area contributed by atoms with Crippen molar-refractivity contribution in [3.05, 3.63) is 130 Å². The molecule has 1 fully saturated rings. The summed E-state index contributed by atoms with van der Waals surface area (Å²) in [7, 11) is 3.01. The topological polar surface area (TPSA) is 228 Å². The predicted octanol–water partition coefficient (Wildman–Crippen LogP) is 9.44. The highest BCUT2D eigenvalue weighted by Gasteiger charge is 2.66. The van der Waals surface area contributed by atoms with Crippen LogP contribution in [-0.4, -0.2) is 97.2 Å². The zero-order chi connectivity index (χ0) is 51.5. The van der Waals surface area contributed by atoms with Crippen molar-refractivity contribution in [2.75, 3.05) is 52.8 Å². The second-order valence-corrected chi connectivity index (χ2v) is 18.1. The number of aliphatic hydroxyl groups is 2. The number of allylic oxidation sites excluding steroid dienone is 1. The molecule has 4 aliphatic rings. The van der Waals surface area contributed by atoms with Crippen molar-refractivity contribution in [1.82, 2.24) is 4.90 Å². The molecule has 4 aromatic rings. The normalized spacial score (nSPS) is 21.6. The van der Waals surface area contributed by atoms with Gasteiger partial charge in [0.25, 0.3) is 5.69 Å². The van der Waals surface area contributed by atoms with Crippen molar-refractivity contribution in [1.29, 1.82) is 0 Å². The minimum Gasteiger partial charge on any atom is -0.497 e. The summed E-state index contributed by atoms with van der Waals surface area (Å²) in [5, 5.41) is 39.2. The number of rotatable bonds is 23. The fraction of sp³-hybridized carbons (Fsp3) is 0.426. The molecule has 388 valence electrons. The number of ether oxygens (including phenoxy) is 8. The minimum absolute atomic E-state index is 0.00537. The standard InChI is InChI=1S/C54H62N4O15/c1-5-25-70-54-49(57(53(62)67-6-2)31-35-15-21-46-48(26-35)69-33-68-46)30-44(56-71-32-34-13-16-37(17-14-34)58(63)64)41-27-36(11-7-9-23-59)40(12-8-10-24-60)50(51(41)54)42-28-39(19-22-45(42)73-54)72-52(61)55-43-20-18-38(65-3)29-47(43)66-4/h5,13-22,26-29,36,40,49-51,59-60H,1,6-12,23-25,30-33H2,2-4H3,(H,55,61)/t36-,40+,49-,50+,51+,54+/m0/s1. The molecule has 0 bridgehead atoms. The molecule has 19 nitrogen and oxygen atoms in total. The number of nitro benzene ring substituents is 1. The lowest BCUT2D eigenvalue weighted by molar-refractivity contribution is -0.384. The number of methoxy groups -OCH3 is 2. The number of carbonyl (C=O) groups excluding carboxylic acids is 2. The van der Waals surface area contributed by atoms with E-state index >= 15 is 0 Å². The molecular weight excluding hydrogens is 945 g/mol. The molecule has 0 saturated heterocycles. The highest BCUT2D eigenvalue weighted by atomic mass is 16.7. The maximum absolute atomic E-state index is 14.7. The van der Waals surface area contributed by atoms with Crippen molar-refractivity contribution in [2.45, 2.75) is 82.8 Å². The van der Waals surface area contributed by atoms with Gasteiger partial charge in [-0.05, 0) is 116 Å². The van der Waals surface area contributed by atoms with Crippen LogP contribution in [0, 0.1) is 27.9 Å². The summed E-state index contributed by atoms with van der Waals surface area (Å²) in [6.45, 7) is 5.88. The number of amides is 2. The van der Waals surface area contributed by atoms with E-state index in [0.29, 0.717) is 95.4 Å². The highest BCUT2D eigenvalue weighted by molar-refractivity contribution is 6.03. The van der Waals surface area contributed by atoms with Crippen LogP contribution in [0.2, 0.25) is 0 Å². The number of carbonyl (C=O) groups is 2. The summed E-state index contributed by atoms with van der Waals surface area (Å²) >= 11 is 0. The Morgan fingerprint density at radius 1 is 0.918 bits per heavy atom. The number of hydrogen-bond acceptors (Lipinski definition) is 16. The van der Waals surface area contributed by atoms with E-state index in [1.165, 1.54) is 26.4 Å². The number of non-ortho nitro benzene ring substituents is 1. The summed E-state index contributed by atoms with van der Waals surface area (Å²) in [4.78, 5) is 47.2. The average Bonchev–Trinajstić information content (AvgIpc) is 3.87. The monoisotopic (exact) mass is 1010 g/mol. The molecule has 4 aromatic carbocycles. The van der Waals surface area contributed by atoms with E-state index in [1.54, 1.807) is 72.5 Å². The number of nitrogens with zero attached hydrogens (tertiary/aromatic N) is 3. The lowest BCUT2D eigenvalue weighted by atomic mass is 9.55. The van der Waals surface area contributed by atoms with E-state index < -0.39 is 40.8 Å². The molecule has 1 saturated carbocycles. The second-order valence-electron chi connectivity index (χ2n) is 18.1. The Morgan fingerprint density at radius 3 is 2.38 bits per heavy atom. The van der Waals surface area contributed by atoms with Gasteiger partial charge in [0.15, 0.2) is 11.5 Å². The van der Waals surface area contributed by atoms with E-state index in [4.69, 9.17) is 47.9 Å². The van der Waals surface area contributed by atoms with E-state index in [1.807, 2.05) is 12.1 Å². The third-order valence-corrected chi connectivity index (χ3v) is 13.7. The van der Waals surface area contributed by atoms with E-state index in [-0.39, 0.29) is 76.1 Å². The quantitative estimate of drug-likeness (QED) is 0.0272. The number of nitro groups is 1. The summed E-state index contributed by atoms with van der Waals surface area (Å²) in [5.41, 5.74) is 3.62. The molecule has 2 amide bonds. The van der Waals surface area contributed by atoms with Gasteiger partial charge < -0.3 is 52.9 Å². The first kappa shape index (κ1) is 52.0. The number of oxime groups is 1. The maximum atomic E-state index is 14.7. The summed E-state index contributed by atoms with van der Waals surface area (Å²) in [6, 6.07) is 20.7. The summed E-state index contributed by atoms with van der Waals surface area (Å²) < 4.78 is 48.5. The van der Waals surface area contributed by atoms with Crippen LogP contribution < -0.4 is 33.7 Å². The number of benzene rings is 4. The van der Waals surface area contributed by atoms with Gasteiger partial charge in [0.05, 0.1) is 49.7 Å². The van der Waals surface area contributed by atoms with Gasteiger partial charge in [0.2, 0.25) is 12.6 Å². The van der Waals surface area contributed by atoms with Gasteiger partial charge in [-0.1, -0.05) is 36.2 Å². The molecule has 0 unspecified atom stereocenters. The largest absolute Gasteiger partial charge is 0.497 e. The molecule has 8 rings (SSSR count). The molecule has 3 N–H and O–H groups in total. The highest BCUT2D eigenvalue weighted by Crippen LogP contribution is 2.62. The smallest absolute Gasteiger partial charge is 0.417 e. The summed E-state index contributed by atoms with van der Waals surface area (Å²) in [5.74, 6) is -0.418. The van der Waals surface area contributed by atoms with Crippen LogP contribution in [0.3, 0.4) is 0 Å². The predicted molar refractivity (Wildman–Crippen MR) is 267 cm³/mol. The number of anilines is 1. The fourth-order valence-electron chi connectivity index (χ4n) is 10.5. The third kappa shape index (κ3) is 11.5. The van der Waals surface area contributed by atoms with Gasteiger partial charge in [-0.15, -0.1) is 6.58 Å². The van der Waals surface area contributed by atoms with Crippen molar-refractivity contribution in [3.63, 3.8) is 0 Å². The molecule has 0 aromatic heterocycles. The lowest BCUT2D eigenvalue weighted by Crippen LogP contribution is -2.70. The maximum Gasteiger partial charge on any atom is 0.417 e. The van der Waals surface area contributed by atoms with Crippen LogP contribution in [0.5, 0.6) is 34.5 Å². The van der Waals surface area contributed by atoms with Crippen LogP contribution in [0.25, 0.3) is 0 Å². The van der Waals surface area contributed by atoms with Crippen LogP contribution in [0.1, 0.15) is 74.5 Å². The molecule has 2 aliphatic heterocycles. The minimum atomic E-state index is -1.64. The van der Waals surface area contributed by atoms with Crippen molar-refractivity contribution >= 4 is 29.3 Å². The van der Waals surface area contributed by atoms with E-state index in [2.05, 4.69) is 18.0 Å². The number of nitrogens with one attached hydrogen (secondary N) is 1. The van der Waals surface area contributed by atoms with Crippen LogP contribution in [-0.2, 0) is 27.5 Å². The van der Waals surface area contributed by atoms with Gasteiger partial charge in [-0.25, -0.2) is 9.59 Å². The van der Waals surface area contributed by atoms with Crippen molar-refractivity contribution < 1.29 is 67.5 Å². The SMILES string of the molecule is C=CCO[C@@]12Oc3ccc(OC(=O)Nc4ccc(OC)cc4OC)cc3[C@H]3[C@H](CCCCO)[C@@H](CCCCO)C=C(C(=NOCc4ccc([N+](=O)[O-])cc4)C[C@@H]1N(Cc1ccc4c(c1)OCO4)C(=O)OCC)[C@H]32. The van der Waals surface area contributed by atoms with Gasteiger partial charge in [-0.3, -0.25) is 20.3 Å². The molecular formula is C54H62N4O15. The van der Waals surface area contributed by atoms with E-state index in [0.717, 1.165) is 5.57 Å². The number of hydrogen-bond donors (Lipinski definition) is 3. The zero-order valence-electron chi connectivity index (χ0n) is 41.2. The van der Waals surface area contributed by atoms with Crippen LogP contribution in [0.15, 0.2) is 108 Å². The molecule has 0 radical (unpaired) electrons. The van der Waals surface area contributed by atoms with Gasteiger partial charge >= 0.3 is 12.2 Å². The first-order valence-corrected chi connectivity index (χ1v) is 24.5. The number of aliphatic hydroxyl groups excluding tert-OH is 2. The Morgan fingerprint density at radius 2 is 1.66 bits per heavy atom. The first-order valence-electron chi connectivity index (χ1n) is 24.5. The van der Waals surface area contributed by atoms with E-state index in [9.17, 15) is 29.9 Å². The van der Waals surface area contributed by atoms with Crippen LogP contribution >= 0.6 is 0 Å². The Labute approximate surface area is 423 Å². The summed E-state index contributed by atoms with van der Waals surface area (Å²) in [6.07, 6.45) is 6.31. The lowest BCUT2D eigenvalue weighted by Gasteiger charge is -2.59. The average molecular weight is 1010 g/mol. The van der Waals surface area contributed by atoms with Gasteiger partial charge in [0.1, 0.15) is 35.6 Å². The van der Waals surface area contributed by atoms with Crippen molar-refractivity contribution in [2.24, 2.45) is 22.9 Å². The first-order chi connectivity index (χ1) is 35.5. The second kappa shape index (κ2) is 23.9. The molecule has 19 heteroatoms. The number of unbranched alkanes of at least 4 members (excludes halogenated alkanes) is 2. The Balaban J connectivity index is 1.29. The Kier molecular flexibility index (Phi) is 17.0. The Bertz CT molecular complexity index is 2680. The molecule has 2 aliphatic carbocycles. The Hall–Kier alpha value is -7.35. The molecule has 73 heavy (non-hydrogen) atoms. The number of fused-ring (bicyclic) bond motifs is 3. The fourth-order valence-corrected chi connectivity index (χ4v) is 10.5. The molecule has 6 atom stereocenters. The zero-order valence-corrected chi connectivity index (χ0v) is 41.2. The van der Waals surface area contributed by atoms with Gasteiger partial charge in [0, 0.05) is 55.9 Å². The van der Waals surface area contributed by atoms with Crippen molar-refractivity contribution in [3.8, 4) is 34.5 Å².